The van der Waals surface area contributed by atoms with E-state index < -0.39 is 0 Å². The van der Waals surface area contributed by atoms with Crippen LogP contribution in [-0.4, -0.2) is 36.2 Å². The van der Waals surface area contributed by atoms with Crippen LogP contribution >= 0.6 is 11.5 Å². The van der Waals surface area contributed by atoms with Gasteiger partial charge in [0.25, 0.3) is 0 Å². The maximum Gasteiger partial charge on any atom is 0.205 e. The van der Waals surface area contributed by atoms with Gasteiger partial charge in [-0.1, -0.05) is 37.3 Å². The van der Waals surface area contributed by atoms with E-state index in [1.54, 1.807) is 7.11 Å². The molecule has 1 aromatic heterocycles. The number of rotatable bonds is 6. The molecule has 4 nitrogen and oxygen atoms in total. The van der Waals surface area contributed by atoms with Crippen molar-refractivity contribution in [3.63, 3.8) is 0 Å². The minimum absolute atomic E-state index is 0.675. The predicted molar refractivity (Wildman–Crippen MR) is 96.1 cm³/mol. The summed E-state index contributed by atoms with van der Waals surface area (Å²) >= 11 is 1.49. The van der Waals surface area contributed by atoms with E-state index in [2.05, 4.69) is 51.5 Å². The second-order valence-electron chi connectivity index (χ2n) is 5.71. The highest BCUT2D eigenvalue weighted by atomic mass is 32.1. The molecule has 0 N–H and O–H groups in total. The van der Waals surface area contributed by atoms with E-state index in [4.69, 9.17) is 4.74 Å². The highest BCUT2D eigenvalue weighted by Gasteiger charge is 2.17. The molecule has 0 spiro atoms. The number of hydrogen-bond acceptors (Lipinski definition) is 5. The molecule has 122 valence electrons. The van der Waals surface area contributed by atoms with Gasteiger partial charge in [0.2, 0.25) is 5.13 Å². The number of benzene rings is 1. The van der Waals surface area contributed by atoms with Crippen LogP contribution in [0.25, 0.3) is 5.57 Å². The fourth-order valence-corrected chi connectivity index (χ4v) is 3.47. The van der Waals surface area contributed by atoms with Crippen molar-refractivity contribution in [2.75, 3.05) is 31.7 Å². The molecule has 2 aromatic rings. The van der Waals surface area contributed by atoms with E-state index in [9.17, 15) is 0 Å². The van der Waals surface area contributed by atoms with E-state index in [1.807, 2.05) is 0 Å². The van der Waals surface area contributed by atoms with Gasteiger partial charge in [-0.05, 0) is 29.5 Å². The van der Waals surface area contributed by atoms with Crippen molar-refractivity contribution in [3.8, 4) is 0 Å². The molecule has 0 saturated heterocycles. The molecule has 3 rings (SSSR count). The van der Waals surface area contributed by atoms with Gasteiger partial charge in [-0.25, -0.2) is 4.98 Å². The lowest BCUT2D eigenvalue weighted by atomic mass is 9.98. The summed E-state index contributed by atoms with van der Waals surface area (Å²) in [6, 6.07) is 8.95. The first-order valence-corrected chi connectivity index (χ1v) is 8.92. The van der Waals surface area contributed by atoms with Crippen LogP contribution in [0.1, 0.15) is 30.3 Å². The van der Waals surface area contributed by atoms with E-state index in [0.29, 0.717) is 6.61 Å². The summed E-state index contributed by atoms with van der Waals surface area (Å²) < 4.78 is 9.49. The summed E-state index contributed by atoms with van der Waals surface area (Å²) in [7, 11) is 1.71. The van der Waals surface area contributed by atoms with Crippen LogP contribution in [0.3, 0.4) is 0 Å². The van der Waals surface area contributed by atoms with E-state index in [1.165, 1.54) is 28.2 Å². The zero-order valence-corrected chi connectivity index (χ0v) is 14.6. The van der Waals surface area contributed by atoms with E-state index >= 15 is 0 Å². The summed E-state index contributed by atoms with van der Waals surface area (Å²) in [6.45, 7) is 4.77. The number of aromatic nitrogens is 2. The SMILES string of the molecule is CCc1ccc(C2=CCN(c3nc(CCOC)ns3)CC2)cc1. The van der Waals surface area contributed by atoms with Crippen LogP contribution in [0, 0.1) is 0 Å². The molecule has 0 radical (unpaired) electrons. The molecule has 1 aliphatic rings. The molecule has 23 heavy (non-hydrogen) atoms. The van der Waals surface area contributed by atoms with Crippen LogP contribution in [0.15, 0.2) is 30.3 Å². The molecule has 0 saturated carbocycles. The maximum absolute atomic E-state index is 5.08. The largest absolute Gasteiger partial charge is 0.384 e. The standard InChI is InChI=1S/C18H23N3OS/c1-3-14-4-6-15(7-5-14)16-8-11-21(12-9-16)18-19-17(20-23-18)10-13-22-2/h4-8H,3,9-13H2,1-2H3. The first-order valence-electron chi connectivity index (χ1n) is 8.15. The van der Waals surface area contributed by atoms with Crippen molar-refractivity contribution >= 4 is 22.2 Å². The lowest BCUT2D eigenvalue weighted by Gasteiger charge is -2.25. The Balaban J connectivity index is 1.64. The van der Waals surface area contributed by atoms with Crippen molar-refractivity contribution in [3.05, 3.63) is 47.3 Å². The highest BCUT2D eigenvalue weighted by molar-refractivity contribution is 7.09. The summed E-state index contributed by atoms with van der Waals surface area (Å²) in [4.78, 5) is 6.92. The van der Waals surface area contributed by atoms with Crippen molar-refractivity contribution < 1.29 is 4.74 Å². The molecule has 2 heterocycles. The second-order valence-corrected chi connectivity index (χ2v) is 6.44. The molecule has 0 bridgehead atoms. The zero-order valence-electron chi connectivity index (χ0n) is 13.8. The summed E-state index contributed by atoms with van der Waals surface area (Å²) in [5.41, 5.74) is 4.18. The van der Waals surface area contributed by atoms with Gasteiger partial charge in [-0.3, -0.25) is 0 Å². The molecular weight excluding hydrogens is 306 g/mol. The van der Waals surface area contributed by atoms with Gasteiger partial charge in [0.1, 0.15) is 5.82 Å². The van der Waals surface area contributed by atoms with Crippen molar-refractivity contribution in [2.45, 2.75) is 26.2 Å². The van der Waals surface area contributed by atoms with Gasteiger partial charge in [0.05, 0.1) is 6.61 Å². The fourth-order valence-electron chi connectivity index (χ4n) is 2.73. The smallest absolute Gasteiger partial charge is 0.205 e. The maximum atomic E-state index is 5.08. The summed E-state index contributed by atoms with van der Waals surface area (Å²) in [5.74, 6) is 0.886. The van der Waals surface area contributed by atoms with Crippen LogP contribution < -0.4 is 4.90 Å². The molecule has 0 atom stereocenters. The minimum atomic E-state index is 0.675. The Labute approximate surface area is 142 Å². The van der Waals surface area contributed by atoms with Crippen molar-refractivity contribution in [1.82, 2.24) is 9.36 Å². The van der Waals surface area contributed by atoms with Crippen molar-refractivity contribution in [2.24, 2.45) is 0 Å². The number of aryl methyl sites for hydroxylation is 1. The molecule has 1 aliphatic heterocycles. The third-order valence-electron chi connectivity index (χ3n) is 4.20. The first-order chi connectivity index (χ1) is 11.3. The van der Waals surface area contributed by atoms with Gasteiger partial charge in [0, 0.05) is 38.2 Å². The van der Waals surface area contributed by atoms with Crippen LogP contribution in [-0.2, 0) is 17.6 Å². The third-order valence-corrected chi connectivity index (χ3v) is 5.01. The molecule has 0 fully saturated rings. The Morgan fingerprint density at radius 3 is 2.74 bits per heavy atom. The number of hydrogen-bond donors (Lipinski definition) is 0. The molecule has 5 heteroatoms. The molecule has 0 amide bonds. The number of nitrogens with zero attached hydrogens (tertiary/aromatic N) is 3. The lowest BCUT2D eigenvalue weighted by molar-refractivity contribution is 0.201. The van der Waals surface area contributed by atoms with E-state index in [-0.39, 0.29) is 0 Å². The average Bonchev–Trinajstić information content (AvgIpc) is 3.09. The molecular formula is C18H23N3OS. The fraction of sp³-hybridized carbons (Fsp3) is 0.444. The second kappa shape index (κ2) is 7.70. The first kappa shape index (κ1) is 16.1. The van der Waals surface area contributed by atoms with Gasteiger partial charge in [0.15, 0.2) is 0 Å². The Morgan fingerprint density at radius 1 is 1.26 bits per heavy atom. The van der Waals surface area contributed by atoms with Crippen LogP contribution in [0.2, 0.25) is 0 Å². The summed E-state index contributed by atoms with van der Waals surface area (Å²) in [6.07, 6.45) is 5.25. The van der Waals surface area contributed by atoms with Crippen LogP contribution in [0.5, 0.6) is 0 Å². The summed E-state index contributed by atoms with van der Waals surface area (Å²) in [5, 5.41) is 1.02. The Bertz CT molecular complexity index is 663. The van der Waals surface area contributed by atoms with E-state index in [0.717, 1.165) is 43.3 Å². The van der Waals surface area contributed by atoms with Gasteiger partial charge in [-0.15, -0.1) is 0 Å². The highest BCUT2D eigenvalue weighted by Crippen LogP contribution is 2.27. The monoisotopic (exact) mass is 329 g/mol. The van der Waals surface area contributed by atoms with Crippen LogP contribution in [0.4, 0.5) is 5.13 Å². The van der Waals surface area contributed by atoms with Crippen molar-refractivity contribution in [1.29, 1.82) is 0 Å². The normalized spacial score (nSPS) is 14.9. The average molecular weight is 329 g/mol. The molecule has 0 unspecified atom stereocenters. The number of methoxy groups -OCH3 is 1. The molecule has 0 aliphatic carbocycles. The zero-order chi connectivity index (χ0) is 16.1. The number of anilines is 1. The Kier molecular flexibility index (Phi) is 5.41. The minimum Gasteiger partial charge on any atom is -0.384 e. The Morgan fingerprint density at radius 2 is 2.09 bits per heavy atom. The Hall–Kier alpha value is -1.72. The molecule has 1 aromatic carbocycles. The van der Waals surface area contributed by atoms with Gasteiger partial charge >= 0.3 is 0 Å². The third kappa shape index (κ3) is 3.98. The predicted octanol–water partition coefficient (Wildman–Crippen LogP) is 3.58. The number of ether oxygens (including phenoxy) is 1. The lowest BCUT2D eigenvalue weighted by Crippen LogP contribution is -2.28. The van der Waals surface area contributed by atoms with Gasteiger partial charge < -0.3 is 9.64 Å². The topological polar surface area (TPSA) is 38.2 Å². The van der Waals surface area contributed by atoms with Gasteiger partial charge in [-0.2, -0.15) is 4.37 Å². The quantitative estimate of drug-likeness (QED) is 0.812.